The van der Waals surface area contributed by atoms with Crippen LogP contribution < -0.4 is 10.5 Å². The lowest BCUT2D eigenvalue weighted by molar-refractivity contribution is 0.103. The predicted molar refractivity (Wildman–Crippen MR) is 111 cm³/mol. The van der Waals surface area contributed by atoms with Gasteiger partial charge in [-0.15, -0.1) is 0 Å². The van der Waals surface area contributed by atoms with Gasteiger partial charge in [0, 0.05) is 5.56 Å². The van der Waals surface area contributed by atoms with Crippen molar-refractivity contribution in [1.82, 2.24) is 0 Å². The highest BCUT2D eigenvalue weighted by atomic mass is 16.5. The Bertz CT molecular complexity index is 1020. The number of nitrogens with two attached hydrogens (primary N) is 1. The maximum absolute atomic E-state index is 13.1. The van der Waals surface area contributed by atoms with Crippen LogP contribution in [0.1, 0.15) is 46.5 Å². The van der Waals surface area contributed by atoms with Crippen LogP contribution in [0.2, 0.25) is 0 Å². The molecule has 0 aliphatic heterocycles. The monoisotopic (exact) mass is 357 g/mol. The summed E-state index contributed by atoms with van der Waals surface area (Å²) in [6.45, 7) is 10.1. The first-order chi connectivity index (χ1) is 13.1. The van der Waals surface area contributed by atoms with Gasteiger partial charge in [-0.2, -0.15) is 0 Å². The van der Waals surface area contributed by atoms with Crippen LogP contribution in [0, 0.1) is 6.92 Å². The van der Waals surface area contributed by atoms with Gasteiger partial charge >= 0.3 is 0 Å². The van der Waals surface area contributed by atoms with Crippen molar-refractivity contribution in [3.05, 3.63) is 95.1 Å². The topological polar surface area (TPSA) is 52.3 Å². The number of benzene rings is 3. The molecule has 2 N–H and O–H groups in total. The number of rotatable bonds is 2. The predicted octanol–water partition coefficient (Wildman–Crippen LogP) is 6.00. The van der Waals surface area contributed by atoms with E-state index in [9.17, 15) is 4.79 Å². The second kappa shape index (κ2) is 7.50. The summed E-state index contributed by atoms with van der Waals surface area (Å²) in [5.41, 5.74) is 11.2. The van der Waals surface area contributed by atoms with Crippen LogP contribution in [-0.2, 0) is 0 Å². The highest BCUT2D eigenvalue weighted by Crippen LogP contribution is 2.43. The third-order valence-electron chi connectivity index (χ3n) is 4.52. The van der Waals surface area contributed by atoms with E-state index >= 15 is 0 Å². The smallest absolute Gasteiger partial charge is 0.196 e. The quantitative estimate of drug-likeness (QED) is 0.448. The van der Waals surface area contributed by atoms with Crippen LogP contribution in [0.25, 0.3) is 5.57 Å². The molecular weight excluding hydrogens is 334 g/mol. The molecule has 0 spiro atoms. The lowest BCUT2D eigenvalue weighted by Gasteiger charge is -2.25. The molecule has 0 aromatic heterocycles. The minimum Gasteiger partial charge on any atom is -0.455 e. The standard InChI is InChI=1S/C22H17NO2.C2H6/c1-13-12-18(25-15-8-4-3-5-9-15)21(23)20-19(13)14(2)16-10-6-7-11-17(16)22(20)24;1-2/h3-12H,2,23H2,1H3;1-2H3. The van der Waals surface area contributed by atoms with Crippen molar-refractivity contribution < 1.29 is 9.53 Å². The maximum Gasteiger partial charge on any atom is 0.196 e. The van der Waals surface area contributed by atoms with E-state index in [1.54, 1.807) is 0 Å². The van der Waals surface area contributed by atoms with Gasteiger partial charge in [-0.05, 0) is 47.4 Å². The van der Waals surface area contributed by atoms with Gasteiger partial charge in [-0.25, -0.2) is 0 Å². The molecule has 0 fully saturated rings. The Morgan fingerprint density at radius 3 is 2.15 bits per heavy atom. The molecule has 0 atom stereocenters. The Morgan fingerprint density at radius 2 is 1.48 bits per heavy atom. The number of ether oxygens (including phenoxy) is 1. The molecule has 0 heterocycles. The number of hydrogen-bond acceptors (Lipinski definition) is 3. The Kier molecular flexibility index (Phi) is 5.13. The first-order valence-electron chi connectivity index (χ1n) is 9.07. The number of carbonyl (C=O) groups is 1. The fourth-order valence-electron chi connectivity index (χ4n) is 3.34. The molecular formula is C24H23NO2. The van der Waals surface area contributed by atoms with E-state index in [2.05, 4.69) is 6.58 Å². The first-order valence-corrected chi connectivity index (χ1v) is 9.07. The zero-order valence-corrected chi connectivity index (χ0v) is 15.9. The Hall–Kier alpha value is -3.33. The SMILES string of the molecule is C=C1c2ccccc2C(=O)c2c(N)c(Oc3ccccc3)cc(C)c21.CC. The molecule has 3 aromatic rings. The van der Waals surface area contributed by atoms with Gasteiger partial charge in [0.2, 0.25) is 0 Å². The van der Waals surface area contributed by atoms with E-state index < -0.39 is 0 Å². The number of nitrogen functional groups attached to an aromatic ring is 1. The molecule has 0 bridgehead atoms. The van der Waals surface area contributed by atoms with Crippen LogP contribution in [-0.4, -0.2) is 5.78 Å². The summed E-state index contributed by atoms with van der Waals surface area (Å²) in [5.74, 6) is 1.08. The van der Waals surface area contributed by atoms with Crippen LogP contribution >= 0.6 is 0 Å². The number of anilines is 1. The minimum atomic E-state index is -0.0860. The number of para-hydroxylation sites is 1. The highest BCUT2D eigenvalue weighted by Gasteiger charge is 2.30. The van der Waals surface area contributed by atoms with Gasteiger partial charge in [0.05, 0.1) is 11.3 Å². The van der Waals surface area contributed by atoms with Crippen LogP contribution in [0.3, 0.4) is 0 Å². The van der Waals surface area contributed by atoms with Gasteiger partial charge in [-0.1, -0.05) is 62.9 Å². The molecule has 3 heteroatoms. The molecule has 0 saturated heterocycles. The summed E-state index contributed by atoms with van der Waals surface area (Å²) in [6.07, 6.45) is 0. The average molecular weight is 357 g/mol. The Labute approximate surface area is 160 Å². The number of ketones is 1. The van der Waals surface area contributed by atoms with Gasteiger partial charge in [0.15, 0.2) is 11.5 Å². The van der Waals surface area contributed by atoms with Gasteiger partial charge < -0.3 is 10.5 Å². The average Bonchev–Trinajstić information content (AvgIpc) is 2.71. The van der Waals surface area contributed by atoms with E-state index in [4.69, 9.17) is 10.5 Å². The van der Waals surface area contributed by atoms with Crippen LogP contribution in [0.5, 0.6) is 11.5 Å². The minimum absolute atomic E-state index is 0.0860. The van der Waals surface area contributed by atoms with Crippen molar-refractivity contribution in [2.75, 3.05) is 5.73 Å². The Balaban J connectivity index is 0.00000102. The largest absolute Gasteiger partial charge is 0.455 e. The molecule has 0 saturated carbocycles. The number of fused-ring (bicyclic) bond motifs is 2. The molecule has 1 aliphatic rings. The van der Waals surface area contributed by atoms with E-state index in [1.165, 1.54) is 0 Å². The summed E-state index contributed by atoms with van der Waals surface area (Å²) >= 11 is 0. The zero-order valence-electron chi connectivity index (χ0n) is 15.9. The second-order valence-corrected chi connectivity index (χ2v) is 6.12. The highest BCUT2D eigenvalue weighted by molar-refractivity contribution is 6.21. The van der Waals surface area contributed by atoms with Crippen molar-refractivity contribution in [1.29, 1.82) is 0 Å². The summed E-state index contributed by atoms with van der Waals surface area (Å²) in [5, 5.41) is 0. The third kappa shape index (κ3) is 3.13. The zero-order chi connectivity index (χ0) is 19.6. The van der Waals surface area contributed by atoms with E-state index in [0.717, 1.165) is 22.3 Å². The van der Waals surface area contributed by atoms with Gasteiger partial charge in [0.25, 0.3) is 0 Å². The van der Waals surface area contributed by atoms with Crippen LogP contribution in [0.15, 0.2) is 67.2 Å². The molecule has 0 amide bonds. The molecule has 3 aromatic carbocycles. The van der Waals surface area contributed by atoms with Crippen molar-refractivity contribution >= 4 is 17.0 Å². The molecule has 0 unspecified atom stereocenters. The molecule has 1 aliphatic carbocycles. The summed E-state index contributed by atoms with van der Waals surface area (Å²) in [4.78, 5) is 13.1. The fourth-order valence-corrected chi connectivity index (χ4v) is 3.34. The van der Waals surface area contributed by atoms with Crippen molar-refractivity contribution in [2.45, 2.75) is 20.8 Å². The number of carbonyl (C=O) groups excluding carboxylic acids is 1. The maximum atomic E-state index is 13.1. The second-order valence-electron chi connectivity index (χ2n) is 6.12. The normalized spacial score (nSPS) is 11.8. The fraction of sp³-hybridized carbons (Fsp3) is 0.125. The van der Waals surface area contributed by atoms with Gasteiger partial charge in [-0.3, -0.25) is 4.79 Å². The van der Waals surface area contributed by atoms with Crippen molar-refractivity contribution in [3.8, 4) is 11.5 Å². The molecule has 4 rings (SSSR count). The van der Waals surface area contributed by atoms with Crippen molar-refractivity contribution in [3.63, 3.8) is 0 Å². The van der Waals surface area contributed by atoms with Crippen LogP contribution in [0.4, 0.5) is 5.69 Å². The van der Waals surface area contributed by atoms with E-state index in [0.29, 0.717) is 28.3 Å². The number of hydrogen-bond donors (Lipinski definition) is 1. The molecule has 136 valence electrons. The summed E-state index contributed by atoms with van der Waals surface area (Å²) in [6, 6.07) is 18.8. The molecule has 27 heavy (non-hydrogen) atoms. The van der Waals surface area contributed by atoms with E-state index in [1.807, 2.05) is 81.4 Å². The lowest BCUT2D eigenvalue weighted by Crippen LogP contribution is -2.18. The van der Waals surface area contributed by atoms with Gasteiger partial charge in [0.1, 0.15) is 5.75 Å². The third-order valence-corrected chi connectivity index (χ3v) is 4.52. The summed E-state index contributed by atoms with van der Waals surface area (Å²) < 4.78 is 5.92. The lowest BCUT2D eigenvalue weighted by atomic mass is 9.79. The first kappa shape index (κ1) is 18.5. The van der Waals surface area contributed by atoms with E-state index in [-0.39, 0.29) is 5.78 Å². The molecule has 3 nitrogen and oxygen atoms in total. The Morgan fingerprint density at radius 1 is 0.889 bits per heavy atom. The number of aryl methyl sites for hydroxylation is 1. The van der Waals surface area contributed by atoms with Crippen molar-refractivity contribution in [2.24, 2.45) is 0 Å². The molecule has 0 radical (unpaired) electrons. The summed E-state index contributed by atoms with van der Waals surface area (Å²) in [7, 11) is 0.